The Morgan fingerprint density at radius 1 is 0.971 bits per heavy atom. The number of hydrogen-bond donors (Lipinski definition) is 0. The first kappa shape index (κ1) is 23.8. The highest BCUT2D eigenvalue weighted by Gasteiger charge is 2.33. The third kappa shape index (κ3) is 5.40. The highest BCUT2D eigenvalue weighted by molar-refractivity contribution is 8.27. The van der Waals surface area contributed by atoms with Crippen LogP contribution in [0.3, 0.4) is 0 Å². The number of carbonyl (C=O) groups excluding carboxylic acids is 1. The summed E-state index contributed by atoms with van der Waals surface area (Å²) < 4.78 is 31.0. The van der Waals surface area contributed by atoms with Gasteiger partial charge in [0.2, 0.25) is 0 Å². The largest absolute Gasteiger partial charge is 0.493 e. The molecule has 0 atom stereocenters. The number of nitrogens with zero attached hydrogens (tertiary/aromatic N) is 1. The number of thiocarbonyl (C=S) groups is 1. The molecular weight excluding hydrogens is 473 g/mol. The fourth-order valence-corrected chi connectivity index (χ4v) is 4.67. The van der Waals surface area contributed by atoms with Gasteiger partial charge in [-0.05, 0) is 60.5 Å². The van der Waals surface area contributed by atoms with Crippen molar-refractivity contribution in [2.24, 2.45) is 0 Å². The Kier molecular flexibility index (Phi) is 7.49. The normalized spacial score (nSPS) is 14.6. The van der Waals surface area contributed by atoms with Crippen LogP contribution in [0.15, 0.2) is 71.6 Å². The fourth-order valence-electron chi connectivity index (χ4n) is 3.37. The summed E-state index contributed by atoms with van der Waals surface area (Å²) in [6.45, 7) is 2.72. The lowest BCUT2D eigenvalue weighted by atomic mass is 10.2. The zero-order valence-electron chi connectivity index (χ0n) is 18.6. The van der Waals surface area contributed by atoms with Gasteiger partial charge in [-0.1, -0.05) is 54.3 Å². The average Bonchev–Trinajstić information content (AvgIpc) is 3.10. The quantitative estimate of drug-likeness (QED) is 0.217. The monoisotopic (exact) mass is 495 g/mol. The highest BCUT2D eigenvalue weighted by Crippen LogP contribution is 2.37. The molecule has 1 fully saturated rings. The Morgan fingerprint density at radius 3 is 2.47 bits per heavy atom. The molecule has 5 nitrogen and oxygen atoms in total. The number of methoxy groups -OCH3 is 1. The van der Waals surface area contributed by atoms with Gasteiger partial charge in [0, 0.05) is 0 Å². The second-order valence-electron chi connectivity index (χ2n) is 7.37. The molecule has 0 N–H and O–H groups in total. The Bertz CT molecular complexity index is 1260. The molecule has 1 heterocycles. The first-order chi connectivity index (χ1) is 16.5. The van der Waals surface area contributed by atoms with Crippen LogP contribution < -0.4 is 19.1 Å². The predicted molar refractivity (Wildman–Crippen MR) is 137 cm³/mol. The molecule has 174 valence electrons. The predicted octanol–water partition coefficient (Wildman–Crippen LogP) is 6.01. The van der Waals surface area contributed by atoms with Gasteiger partial charge in [0.25, 0.3) is 5.91 Å². The van der Waals surface area contributed by atoms with Crippen molar-refractivity contribution in [2.75, 3.05) is 25.2 Å². The van der Waals surface area contributed by atoms with Crippen LogP contribution in [0.4, 0.5) is 10.1 Å². The Hall–Kier alpha value is -3.36. The third-order valence-corrected chi connectivity index (χ3v) is 6.34. The Morgan fingerprint density at radius 2 is 1.74 bits per heavy atom. The molecule has 0 bridgehead atoms. The van der Waals surface area contributed by atoms with Gasteiger partial charge in [0.1, 0.15) is 24.8 Å². The molecule has 0 aromatic heterocycles. The molecule has 3 aromatic rings. The van der Waals surface area contributed by atoms with Crippen molar-refractivity contribution < 1.29 is 23.4 Å². The van der Waals surface area contributed by atoms with E-state index in [1.54, 1.807) is 37.5 Å². The van der Waals surface area contributed by atoms with Gasteiger partial charge < -0.3 is 14.2 Å². The summed E-state index contributed by atoms with van der Waals surface area (Å²) in [5, 5.41) is 0. The van der Waals surface area contributed by atoms with E-state index < -0.39 is 5.82 Å². The second kappa shape index (κ2) is 10.7. The molecule has 0 radical (unpaired) electrons. The number of hydrogen-bond acceptors (Lipinski definition) is 6. The van der Waals surface area contributed by atoms with E-state index in [2.05, 4.69) is 0 Å². The smallest absolute Gasteiger partial charge is 0.270 e. The van der Waals surface area contributed by atoms with Crippen molar-refractivity contribution in [3.8, 4) is 17.2 Å². The maximum atomic E-state index is 13.6. The number of para-hydroxylation sites is 1. The lowest BCUT2D eigenvalue weighted by molar-refractivity contribution is -0.113. The van der Waals surface area contributed by atoms with Crippen LogP contribution in [0.25, 0.3) is 6.08 Å². The summed E-state index contributed by atoms with van der Waals surface area (Å²) in [7, 11) is 1.55. The number of benzene rings is 3. The van der Waals surface area contributed by atoms with E-state index in [9.17, 15) is 9.18 Å². The zero-order chi connectivity index (χ0) is 24.1. The molecule has 0 spiro atoms. The van der Waals surface area contributed by atoms with E-state index in [0.717, 1.165) is 16.9 Å². The van der Waals surface area contributed by atoms with Crippen LogP contribution in [0.1, 0.15) is 11.1 Å². The first-order valence-corrected chi connectivity index (χ1v) is 11.7. The van der Waals surface area contributed by atoms with Crippen LogP contribution in [-0.2, 0) is 4.79 Å². The summed E-state index contributed by atoms with van der Waals surface area (Å²) >= 11 is 6.53. The van der Waals surface area contributed by atoms with Gasteiger partial charge in [0.05, 0.1) is 17.7 Å². The maximum Gasteiger partial charge on any atom is 0.270 e. The molecule has 3 aromatic carbocycles. The summed E-state index contributed by atoms with van der Waals surface area (Å²) in [6.07, 6.45) is 1.73. The molecular formula is C26H22FNO4S2. The molecule has 1 amide bonds. The van der Waals surface area contributed by atoms with Gasteiger partial charge >= 0.3 is 0 Å². The molecule has 1 aliphatic rings. The van der Waals surface area contributed by atoms with Gasteiger partial charge in [-0.2, -0.15) is 0 Å². The number of ether oxygens (including phenoxy) is 3. The van der Waals surface area contributed by atoms with Crippen LogP contribution in [-0.4, -0.2) is 30.6 Å². The van der Waals surface area contributed by atoms with E-state index in [0.29, 0.717) is 39.6 Å². The molecule has 34 heavy (non-hydrogen) atoms. The summed E-state index contributed by atoms with van der Waals surface area (Å²) in [5.74, 6) is 1.20. The molecule has 0 unspecified atom stereocenters. The van der Waals surface area contributed by atoms with Crippen molar-refractivity contribution in [1.29, 1.82) is 0 Å². The van der Waals surface area contributed by atoms with Gasteiger partial charge in [0.15, 0.2) is 15.8 Å². The number of amides is 1. The SMILES string of the molecule is COc1cc(C=C2SC(=S)N(c3cccc(F)c3)C2=O)ccc1OCCOc1ccccc1C. The number of thioether (sulfide) groups is 1. The van der Waals surface area contributed by atoms with Gasteiger partial charge in [-0.15, -0.1) is 0 Å². The average molecular weight is 496 g/mol. The first-order valence-electron chi connectivity index (χ1n) is 10.5. The standard InChI is InChI=1S/C26H22FNO4S2/c1-17-6-3-4-9-21(17)31-12-13-32-22-11-10-18(14-23(22)30-2)15-24-25(29)28(26(33)34-24)20-8-5-7-19(27)16-20/h3-11,14-16H,12-13H2,1-2H3. The van der Waals surface area contributed by atoms with Crippen molar-refractivity contribution in [3.63, 3.8) is 0 Å². The van der Waals surface area contributed by atoms with Crippen molar-refractivity contribution >= 4 is 46.0 Å². The van der Waals surface area contributed by atoms with Crippen LogP contribution >= 0.6 is 24.0 Å². The molecule has 0 saturated carbocycles. The minimum absolute atomic E-state index is 0.298. The fraction of sp³-hybridized carbons (Fsp3) is 0.154. The molecule has 1 saturated heterocycles. The van der Waals surface area contributed by atoms with E-state index >= 15 is 0 Å². The number of halogens is 1. The maximum absolute atomic E-state index is 13.6. The van der Waals surface area contributed by atoms with Crippen LogP contribution in [0, 0.1) is 12.7 Å². The van der Waals surface area contributed by atoms with Crippen molar-refractivity contribution in [3.05, 3.63) is 88.6 Å². The van der Waals surface area contributed by atoms with E-state index in [4.69, 9.17) is 26.4 Å². The molecule has 0 aliphatic carbocycles. The van der Waals surface area contributed by atoms with E-state index in [1.165, 1.54) is 28.8 Å². The third-order valence-electron chi connectivity index (χ3n) is 5.04. The zero-order valence-corrected chi connectivity index (χ0v) is 20.3. The van der Waals surface area contributed by atoms with Crippen molar-refractivity contribution in [2.45, 2.75) is 6.92 Å². The number of anilines is 1. The van der Waals surface area contributed by atoms with Crippen LogP contribution in [0.2, 0.25) is 0 Å². The van der Waals surface area contributed by atoms with E-state index in [1.807, 2.05) is 37.3 Å². The van der Waals surface area contributed by atoms with Crippen LogP contribution in [0.5, 0.6) is 17.2 Å². The summed E-state index contributed by atoms with van der Waals surface area (Å²) in [4.78, 5) is 14.7. The molecule has 1 aliphatic heterocycles. The van der Waals surface area contributed by atoms with E-state index in [-0.39, 0.29) is 5.91 Å². The second-order valence-corrected chi connectivity index (χ2v) is 9.05. The van der Waals surface area contributed by atoms with Gasteiger partial charge in [-0.3, -0.25) is 9.69 Å². The summed E-state index contributed by atoms with van der Waals surface area (Å²) in [6, 6.07) is 19.0. The Balaban J connectivity index is 1.43. The molecule has 4 rings (SSSR count). The number of rotatable bonds is 8. The lowest BCUT2D eigenvalue weighted by Crippen LogP contribution is -2.27. The minimum atomic E-state index is -0.430. The topological polar surface area (TPSA) is 48.0 Å². The number of carbonyl (C=O) groups is 1. The lowest BCUT2D eigenvalue weighted by Gasteiger charge is -2.14. The molecule has 8 heteroatoms. The minimum Gasteiger partial charge on any atom is -0.493 e. The van der Waals surface area contributed by atoms with Crippen molar-refractivity contribution in [1.82, 2.24) is 0 Å². The number of aryl methyl sites for hydroxylation is 1. The highest BCUT2D eigenvalue weighted by atomic mass is 32.2. The van der Waals surface area contributed by atoms with Gasteiger partial charge in [-0.25, -0.2) is 4.39 Å². The summed E-state index contributed by atoms with van der Waals surface area (Å²) in [5.41, 5.74) is 2.22. The Labute approximate surface area is 207 Å².